The van der Waals surface area contributed by atoms with Gasteiger partial charge >= 0.3 is 0 Å². The Hall–Kier alpha value is -0.920. The monoisotopic (exact) mass is 359 g/mol. The predicted molar refractivity (Wildman–Crippen MR) is 92.1 cm³/mol. The third-order valence-electron chi connectivity index (χ3n) is 5.08. The molecule has 1 saturated heterocycles. The van der Waals surface area contributed by atoms with Crippen molar-refractivity contribution in [2.45, 2.75) is 58.4 Å². The molecule has 5 nitrogen and oxygen atoms in total. The zero-order valence-electron chi connectivity index (χ0n) is 14.6. The predicted octanol–water partition coefficient (Wildman–Crippen LogP) is 2.08. The Bertz CT molecular complexity index is 841. The van der Waals surface area contributed by atoms with Gasteiger partial charge in [-0.2, -0.15) is 0 Å². The molecule has 0 spiro atoms. The Morgan fingerprint density at radius 1 is 0.913 bits per heavy atom. The van der Waals surface area contributed by atoms with Gasteiger partial charge in [-0.05, 0) is 75.8 Å². The molecule has 0 bridgehead atoms. The van der Waals surface area contributed by atoms with Crippen LogP contribution in [0.1, 0.15) is 41.2 Å². The summed E-state index contributed by atoms with van der Waals surface area (Å²) < 4.78 is 52.0. The number of sulfone groups is 1. The van der Waals surface area contributed by atoms with Gasteiger partial charge in [0.25, 0.3) is 0 Å². The largest absolute Gasteiger partial charge is 0.241 e. The van der Waals surface area contributed by atoms with Crippen LogP contribution < -0.4 is 4.72 Å². The molecule has 1 N–H and O–H groups in total. The Morgan fingerprint density at radius 3 is 1.74 bits per heavy atom. The molecular formula is C16H25NO4S2. The van der Waals surface area contributed by atoms with E-state index in [0.717, 1.165) is 27.8 Å². The van der Waals surface area contributed by atoms with Crippen molar-refractivity contribution >= 4 is 19.9 Å². The van der Waals surface area contributed by atoms with Gasteiger partial charge in [0.2, 0.25) is 10.0 Å². The Balaban J connectivity index is 2.54. The lowest BCUT2D eigenvalue weighted by molar-refractivity contribution is 0.461. The van der Waals surface area contributed by atoms with E-state index >= 15 is 0 Å². The number of rotatable bonds is 3. The molecule has 0 unspecified atom stereocenters. The minimum absolute atomic E-state index is 0.0237. The zero-order chi connectivity index (χ0) is 17.8. The molecule has 1 fully saturated rings. The SMILES string of the molecule is Cc1c(C)c(C)c(S(=O)(=O)N[C@@]2(C)CCS(=O)(=O)C2)c(C)c1C. The van der Waals surface area contributed by atoms with Crippen LogP contribution in [0, 0.1) is 34.6 Å². The van der Waals surface area contributed by atoms with Crippen molar-refractivity contribution in [2.24, 2.45) is 0 Å². The van der Waals surface area contributed by atoms with Crippen molar-refractivity contribution in [1.82, 2.24) is 4.72 Å². The summed E-state index contributed by atoms with van der Waals surface area (Å²) >= 11 is 0. The molecule has 0 aliphatic carbocycles. The van der Waals surface area contributed by atoms with Crippen LogP contribution >= 0.6 is 0 Å². The molecule has 1 atom stereocenters. The minimum Gasteiger partial charge on any atom is -0.229 e. The van der Waals surface area contributed by atoms with Crippen LogP contribution in [0.25, 0.3) is 0 Å². The highest BCUT2D eigenvalue weighted by Crippen LogP contribution is 2.32. The van der Waals surface area contributed by atoms with E-state index in [0.29, 0.717) is 6.42 Å². The molecule has 0 aromatic heterocycles. The smallest absolute Gasteiger partial charge is 0.229 e. The fraction of sp³-hybridized carbons (Fsp3) is 0.625. The summed E-state index contributed by atoms with van der Waals surface area (Å²) in [6.45, 7) is 11.1. The molecular weight excluding hydrogens is 334 g/mol. The first kappa shape index (κ1) is 18.4. The Labute approximate surface area is 139 Å². The third kappa shape index (κ3) is 3.32. The van der Waals surface area contributed by atoms with E-state index in [4.69, 9.17) is 0 Å². The second kappa shape index (κ2) is 5.57. The maximum atomic E-state index is 13.0. The maximum absolute atomic E-state index is 13.0. The first-order chi connectivity index (χ1) is 10.3. The van der Waals surface area contributed by atoms with Gasteiger partial charge in [-0.25, -0.2) is 21.6 Å². The van der Waals surface area contributed by atoms with Crippen LogP contribution in [-0.4, -0.2) is 33.9 Å². The minimum atomic E-state index is -3.79. The molecule has 0 radical (unpaired) electrons. The van der Waals surface area contributed by atoms with Crippen molar-refractivity contribution in [2.75, 3.05) is 11.5 Å². The highest BCUT2D eigenvalue weighted by molar-refractivity contribution is 7.92. The molecule has 23 heavy (non-hydrogen) atoms. The molecule has 2 rings (SSSR count). The second-order valence-electron chi connectivity index (χ2n) is 6.96. The summed E-state index contributed by atoms with van der Waals surface area (Å²) in [7, 11) is -6.97. The lowest BCUT2D eigenvalue weighted by Gasteiger charge is -2.26. The van der Waals surface area contributed by atoms with Crippen molar-refractivity contribution in [3.05, 3.63) is 27.8 Å². The summed E-state index contributed by atoms with van der Waals surface area (Å²) in [5.74, 6) is -0.128. The summed E-state index contributed by atoms with van der Waals surface area (Å²) in [5, 5.41) is 0. The van der Waals surface area contributed by atoms with Crippen LogP contribution in [-0.2, 0) is 19.9 Å². The van der Waals surface area contributed by atoms with Crippen LogP contribution in [0.3, 0.4) is 0 Å². The highest BCUT2D eigenvalue weighted by Gasteiger charge is 2.42. The first-order valence-corrected chi connectivity index (χ1v) is 10.9. The maximum Gasteiger partial charge on any atom is 0.241 e. The summed E-state index contributed by atoms with van der Waals surface area (Å²) in [5.41, 5.74) is 3.51. The van der Waals surface area contributed by atoms with Crippen LogP contribution in [0.5, 0.6) is 0 Å². The lowest BCUT2D eigenvalue weighted by Crippen LogP contribution is -2.47. The van der Waals surface area contributed by atoms with Gasteiger partial charge < -0.3 is 0 Å². The number of sulfonamides is 1. The summed E-state index contributed by atoms with van der Waals surface area (Å²) in [4.78, 5) is 0.281. The first-order valence-electron chi connectivity index (χ1n) is 7.61. The number of nitrogens with one attached hydrogen (secondary N) is 1. The quantitative estimate of drug-likeness (QED) is 0.896. The normalized spacial score (nSPS) is 24.1. The summed E-state index contributed by atoms with van der Waals surface area (Å²) in [6, 6.07) is 0. The van der Waals surface area contributed by atoms with Crippen molar-refractivity contribution in [1.29, 1.82) is 0 Å². The zero-order valence-corrected chi connectivity index (χ0v) is 16.2. The molecule has 7 heteroatoms. The average Bonchev–Trinajstić information content (AvgIpc) is 2.66. The van der Waals surface area contributed by atoms with E-state index in [1.54, 1.807) is 20.8 Å². The van der Waals surface area contributed by atoms with Gasteiger partial charge in [-0.3, -0.25) is 0 Å². The van der Waals surface area contributed by atoms with Gasteiger partial charge in [-0.15, -0.1) is 0 Å². The van der Waals surface area contributed by atoms with E-state index in [2.05, 4.69) is 4.72 Å². The van der Waals surface area contributed by atoms with Crippen molar-refractivity contribution in [3.8, 4) is 0 Å². The summed E-state index contributed by atoms with van der Waals surface area (Å²) in [6.07, 6.45) is 0.302. The average molecular weight is 360 g/mol. The van der Waals surface area contributed by atoms with Crippen LogP contribution in [0.2, 0.25) is 0 Å². The van der Waals surface area contributed by atoms with E-state index < -0.39 is 25.4 Å². The van der Waals surface area contributed by atoms with Gasteiger partial charge in [0, 0.05) is 5.54 Å². The molecule has 1 aromatic rings. The van der Waals surface area contributed by atoms with Gasteiger partial charge in [0.15, 0.2) is 9.84 Å². The third-order valence-corrected chi connectivity index (χ3v) is 8.90. The van der Waals surface area contributed by atoms with E-state index in [9.17, 15) is 16.8 Å². The number of hydrogen-bond donors (Lipinski definition) is 1. The van der Waals surface area contributed by atoms with E-state index in [1.165, 1.54) is 0 Å². The van der Waals surface area contributed by atoms with E-state index in [1.807, 2.05) is 20.8 Å². The van der Waals surface area contributed by atoms with Gasteiger partial charge in [0.05, 0.1) is 16.4 Å². The topological polar surface area (TPSA) is 80.3 Å². The van der Waals surface area contributed by atoms with Crippen LogP contribution in [0.15, 0.2) is 4.90 Å². The highest BCUT2D eigenvalue weighted by atomic mass is 32.2. The lowest BCUT2D eigenvalue weighted by atomic mass is 9.95. The Kier molecular flexibility index (Phi) is 4.46. The molecule has 1 aliphatic heterocycles. The van der Waals surface area contributed by atoms with Gasteiger partial charge in [0.1, 0.15) is 0 Å². The molecule has 1 heterocycles. The molecule has 0 amide bonds. The van der Waals surface area contributed by atoms with Crippen LogP contribution in [0.4, 0.5) is 0 Å². The second-order valence-corrected chi connectivity index (χ2v) is 10.8. The van der Waals surface area contributed by atoms with Crippen molar-refractivity contribution in [3.63, 3.8) is 0 Å². The molecule has 1 aliphatic rings. The molecule has 1 aromatic carbocycles. The Morgan fingerprint density at radius 2 is 1.35 bits per heavy atom. The number of hydrogen-bond acceptors (Lipinski definition) is 4. The van der Waals surface area contributed by atoms with Crippen molar-refractivity contribution < 1.29 is 16.8 Å². The molecule has 0 saturated carbocycles. The standard InChI is InChI=1S/C16H25NO4S2/c1-10-11(2)13(4)15(14(5)12(10)3)23(20,21)17-16(6)7-8-22(18,19)9-16/h17H,7-9H2,1-6H3/t16-/m0/s1. The number of benzene rings is 1. The molecule has 130 valence electrons. The van der Waals surface area contributed by atoms with Gasteiger partial charge in [-0.1, -0.05) is 0 Å². The van der Waals surface area contributed by atoms with E-state index in [-0.39, 0.29) is 16.4 Å². The fourth-order valence-corrected chi connectivity index (χ4v) is 7.56. The fourth-order valence-electron chi connectivity index (χ4n) is 3.34.